The van der Waals surface area contributed by atoms with Crippen molar-refractivity contribution >= 4 is 34.2 Å². The number of nitrogens with zero attached hydrogens (tertiary/aromatic N) is 2. The Labute approximate surface area is 263 Å². The number of carbonyl (C=O) groups excluding carboxylic acids is 2. The zero-order valence-electron chi connectivity index (χ0n) is 25.3. The highest BCUT2D eigenvalue weighted by molar-refractivity contribution is 6.31. The number of hydrogen-bond acceptors (Lipinski definition) is 4. The van der Waals surface area contributed by atoms with Gasteiger partial charge in [-0.25, -0.2) is 4.39 Å². The molecule has 0 radical (unpaired) electrons. The largest absolute Gasteiger partial charge is 0.495 e. The fourth-order valence-corrected chi connectivity index (χ4v) is 7.50. The highest BCUT2D eigenvalue weighted by Gasteiger charge is 2.40. The molecule has 1 N–H and O–H groups in total. The number of halogens is 2. The van der Waals surface area contributed by atoms with Gasteiger partial charge < -0.3 is 14.6 Å². The van der Waals surface area contributed by atoms with Gasteiger partial charge in [0.2, 0.25) is 0 Å². The van der Waals surface area contributed by atoms with E-state index < -0.39 is 5.82 Å². The van der Waals surface area contributed by atoms with E-state index >= 15 is 0 Å². The zero-order chi connectivity index (χ0) is 30.8. The molecule has 3 heterocycles. The number of carbonyl (C=O) groups is 2. The van der Waals surface area contributed by atoms with E-state index in [4.69, 9.17) is 16.3 Å². The molecule has 44 heavy (non-hydrogen) atoms. The summed E-state index contributed by atoms with van der Waals surface area (Å²) < 4.78 is 21.4. The first-order chi connectivity index (χ1) is 21.3. The molecule has 0 spiro atoms. The van der Waals surface area contributed by atoms with Crippen LogP contribution >= 0.6 is 11.6 Å². The lowest BCUT2D eigenvalue weighted by atomic mass is 9.85. The number of ether oxygens (including phenoxy) is 1. The van der Waals surface area contributed by atoms with Crippen LogP contribution in [0.2, 0.25) is 5.02 Å². The van der Waals surface area contributed by atoms with Gasteiger partial charge in [0.25, 0.3) is 5.91 Å². The topological polar surface area (TPSA) is 63.6 Å². The number of fused-ring (bicyclic) bond motifs is 3. The van der Waals surface area contributed by atoms with E-state index in [1.54, 1.807) is 7.11 Å². The number of Topliss-reactive ketones (excluding diaryl/α,β-unsaturated/α-hetero) is 1. The van der Waals surface area contributed by atoms with Gasteiger partial charge >= 0.3 is 0 Å². The van der Waals surface area contributed by atoms with Gasteiger partial charge in [0.15, 0.2) is 5.78 Å². The molecular weight excluding hydrogens is 577 g/mol. The maximum absolute atomic E-state index is 13.6. The van der Waals surface area contributed by atoms with Crippen LogP contribution in [-0.2, 0) is 13.1 Å². The number of methoxy groups -OCH3 is 1. The van der Waals surface area contributed by atoms with Crippen LogP contribution in [0.15, 0.2) is 66.9 Å². The number of piperidine rings is 1. The van der Waals surface area contributed by atoms with Gasteiger partial charge in [-0.2, -0.15) is 0 Å². The van der Waals surface area contributed by atoms with Crippen molar-refractivity contribution in [1.82, 2.24) is 14.8 Å². The quantitative estimate of drug-likeness (QED) is 0.177. The van der Waals surface area contributed by atoms with Gasteiger partial charge in [0.1, 0.15) is 11.6 Å². The normalized spacial score (nSPS) is 19.8. The van der Waals surface area contributed by atoms with Crippen molar-refractivity contribution in [3.05, 3.63) is 100.0 Å². The van der Waals surface area contributed by atoms with Gasteiger partial charge in [0, 0.05) is 55.3 Å². The molecule has 230 valence electrons. The Bertz CT molecular complexity index is 1670. The molecule has 3 atom stereocenters. The third kappa shape index (κ3) is 6.26. The van der Waals surface area contributed by atoms with Crippen molar-refractivity contribution in [2.45, 2.75) is 70.6 Å². The first-order valence-corrected chi connectivity index (χ1v) is 15.9. The fraction of sp³-hybridized carbons (Fsp3) is 0.389. The SMILES string of the molecule is COc1cccc2c(C(=O)NCc3ccccc3C)cn(CCCN3[C@@H]4CC[C@H]3C[C@@H](CC(=O)c3ccc(F)c(Cl)c3)C4)c12. The van der Waals surface area contributed by atoms with E-state index in [2.05, 4.69) is 27.8 Å². The zero-order valence-corrected chi connectivity index (χ0v) is 26.1. The van der Waals surface area contributed by atoms with Gasteiger partial charge in [-0.05, 0) is 80.3 Å². The number of nitrogens with one attached hydrogen (secondary N) is 1. The van der Waals surface area contributed by atoms with E-state index in [0.717, 1.165) is 73.0 Å². The summed E-state index contributed by atoms with van der Waals surface area (Å²) in [7, 11) is 1.67. The van der Waals surface area contributed by atoms with Crippen LogP contribution in [0.4, 0.5) is 4.39 Å². The molecule has 2 bridgehead atoms. The Morgan fingerprint density at radius 1 is 1.02 bits per heavy atom. The van der Waals surface area contributed by atoms with E-state index in [1.807, 2.05) is 42.6 Å². The second-order valence-electron chi connectivity index (χ2n) is 12.3. The van der Waals surface area contributed by atoms with Crippen molar-refractivity contribution in [2.75, 3.05) is 13.7 Å². The van der Waals surface area contributed by atoms with Crippen LogP contribution in [0.5, 0.6) is 5.75 Å². The predicted octanol–water partition coefficient (Wildman–Crippen LogP) is 7.59. The van der Waals surface area contributed by atoms with Crippen LogP contribution in [0.3, 0.4) is 0 Å². The molecule has 2 fully saturated rings. The molecule has 1 amide bonds. The Kier molecular flexibility index (Phi) is 9.06. The maximum atomic E-state index is 13.6. The maximum Gasteiger partial charge on any atom is 0.253 e. The van der Waals surface area contributed by atoms with Crippen molar-refractivity contribution < 1.29 is 18.7 Å². The smallest absolute Gasteiger partial charge is 0.253 e. The summed E-state index contributed by atoms with van der Waals surface area (Å²) in [6.45, 7) is 4.26. The summed E-state index contributed by atoms with van der Waals surface area (Å²) >= 11 is 5.91. The molecule has 3 aromatic carbocycles. The number of aryl methyl sites for hydroxylation is 2. The van der Waals surface area contributed by atoms with Gasteiger partial charge in [0.05, 0.1) is 23.2 Å². The summed E-state index contributed by atoms with van der Waals surface area (Å²) in [6, 6.07) is 19.1. The number of ketones is 1. The highest BCUT2D eigenvalue weighted by atomic mass is 35.5. The lowest BCUT2D eigenvalue weighted by molar-refractivity contribution is 0.0807. The monoisotopic (exact) mass is 615 g/mol. The number of aromatic nitrogens is 1. The molecule has 4 aromatic rings. The Morgan fingerprint density at radius 2 is 1.80 bits per heavy atom. The van der Waals surface area contributed by atoms with Crippen molar-refractivity contribution in [3.63, 3.8) is 0 Å². The third-order valence-electron chi connectivity index (χ3n) is 9.54. The first kappa shape index (κ1) is 30.4. The summed E-state index contributed by atoms with van der Waals surface area (Å²) in [5, 5.41) is 3.99. The first-order valence-electron chi connectivity index (χ1n) is 15.5. The van der Waals surface area contributed by atoms with E-state index in [0.29, 0.717) is 42.1 Å². The van der Waals surface area contributed by atoms with Gasteiger partial charge in [-0.3, -0.25) is 14.5 Å². The summed E-state index contributed by atoms with van der Waals surface area (Å²) in [4.78, 5) is 28.9. The highest BCUT2D eigenvalue weighted by Crippen LogP contribution is 2.40. The Hall–Kier alpha value is -3.68. The molecule has 2 aliphatic rings. The molecule has 1 aromatic heterocycles. The number of amides is 1. The molecular formula is C36H39ClFN3O3. The molecule has 6 rings (SSSR count). The molecule has 6 nitrogen and oxygen atoms in total. The van der Waals surface area contributed by atoms with E-state index in [9.17, 15) is 14.0 Å². The molecule has 2 saturated heterocycles. The lowest BCUT2D eigenvalue weighted by Crippen LogP contribution is -2.43. The minimum absolute atomic E-state index is 0.00570. The molecule has 0 unspecified atom stereocenters. The average molecular weight is 616 g/mol. The van der Waals surface area contributed by atoms with Crippen LogP contribution in [0, 0.1) is 18.7 Å². The second kappa shape index (κ2) is 13.1. The average Bonchev–Trinajstić information content (AvgIpc) is 3.51. The number of hydrogen-bond donors (Lipinski definition) is 1. The minimum atomic E-state index is -0.501. The second-order valence-corrected chi connectivity index (χ2v) is 12.7. The van der Waals surface area contributed by atoms with Crippen LogP contribution in [0.1, 0.15) is 70.4 Å². The fourth-order valence-electron chi connectivity index (χ4n) is 7.32. The lowest BCUT2D eigenvalue weighted by Gasteiger charge is -2.39. The standard InChI is InChI=1S/C36H39ClFN3O3/c1-23-7-3-4-8-26(23)21-39-36(43)30-22-40(35-29(30)9-5-10-34(35)44-2)15-6-16-41-27-12-13-28(41)18-24(17-27)19-33(42)25-11-14-32(38)31(37)20-25/h3-5,7-11,14,20,22,24,27-28H,6,12-13,15-19,21H2,1-2H3,(H,39,43)/t24-,27+,28-. The van der Waals surface area contributed by atoms with Gasteiger partial charge in [-0.15, -0.1) is 0 Å². The Morgan fingerprint density at radius 3 is 2.52 bits per heavy atom. The molecule has 2 aliphatic heterocycles. The number of benzene rings is 3. The van der Waals surface area contributed by atoms with Gasteiger partial charge in [-0.1, -0.05) is 48.0 Å². The molecule has 0 aliphatic carbocycles. The summed E-state index contributed by atoms with van der Waals surface area (Å²) in [5.74, 6) is 0.533. The van der Waals surface area contributed by atoms with E-state index in [-0.39, 0.29) is 16.7 Å². The Balaban J connectivity index is 1.09. The number of para-hydroxylation sites is 1. The molecule has 8 heteroatoms. The van der Waals surface area contributed by atoms with Crippen molar-refractivity contribution in [1.29, 1.82) is 0 Å². The van der Waals surface area contributed by atoms with Crippen LogP contribution in [0.25, 0.3) is 10.9 Å². The summed E-state index contributed by atoms with van der Waals surface area (Å²) in [6.07, 6.45) is 7.70. The minimum Gasteiger partial charge on any atom is -0.495 e. The number of rotatable bonds is 11. The predicted molar refractivity (Wildman–Crippen MR) is 172 cm³/mol. The van der Waals surface area contributed by atoms with E-state index in [1.165, 1.54) is 18.2 Å². The van der Waals surface area contributed by atoms with Crippen LogP contribution < -0.4 is 10.1 Å². The van der Waals surface area contributed by atoms with Crippen molar-refractivity contribution in [3.8, 4) is 5.75 Å². The van der Waals surface area contributed by atoms with Crippen molar-refractivity contribution in [2.24, 2.45) is 5.92 Å². The molecule has 0 saturated carbocycles. The van der Waals surface area contributed by atoms with Crippen LogP contribution in [-0.4, -0.2) is 46.9 Å². The summed E-state index contributed by atoms with van der Waals surface area (Å²) in [5.41, 5.74) is 4.34. The third-order valence-corrected chi connectivity index (χ3v) is 9.83.